The van der Waals surface area contributed by atoms with E-state index >= 15 is 0 Å². The lowest BCUT2D eigenvalue weighted by atomic mass is 9.83. The van der Waals surface area contributed by atoms with Gasteiger partial charge in [0.1, 0.15) is 5.75 Å². The molecule has 2 rings (SSSR count). The molecule has 1 aromatic rings. The van der Waals surface area contributed by atoms with Crippen molar-refractivity contribution < 1.29 is 19.1 Å². The van der Waals surface area contributed by atoms with Crippen LogP contribution in [-0.2, 0) is 9.53 Å². The molecular formula is C15H16O4. The summed E-state index contributed by atoms with van der Waals surface area (Å²) < 4.78 is 10.5. The zero-order chi connectivity index (χ0) is 14.2. The second-order valence-electron chi connectivity index (χ2n) is 4.63. The van der Waals surface area contributed by atoms with Crippen LogP contribution in [0.4, 0.5) is 0 Å². The van der Waals surface area contributed by atoms with E-state index in [2.05, 4.69) is 6.58 Å². The Bertz CT molecular complexity index is 561. The molecule has 2 atom stereocenters. The minimum atomic E-state index is -1.65. The summed E-state index contributed by atoms with van der Waals surface area (Å²) in [7, 11) is 1.24. The molecule has 0 radical (unpaired) electrons. The average Bonchev–Trinajstić information content (AvgIpc) is 2.73. The summed E-state index contributed by atoms with van der Waals surface area (Å²) in [5.74, 6) is -1.10. The Labute approximate surface area is 112 Å². The number of esters is 1. The van der Waals surface area contributed by atoms with Crippen LogP contribution >= 0.6 is 0 Å². The van der Waals surface area contributed by atoms with Crippen LogP contribution in [0.3, 0.4) is 0 Å². The Balaban J connectivity index is 2.62. The van der Waals surface area contributed by atoms with E-state index in [1.54, 1.807) is 19.1 Å². The van der Waals surface area contributed by atoms with Crippen LogP contribution in [0.15, 0.2) is 30.9 Å². The maximum Gasteiger partial charge on any atom is 0.359 e. The van der Waals surface area contributed by atoms with Crippen LogP contribution in [0.2, 0.25) is 0 Å². The van der Waals surface area contributed by atoms with Gasteiger partial charge < -0.3 is 9.47 Å². The maximum absolute atomic E-state index is 12.6. The normalized spacial score (nSPS) is 22.4. The van der Waals surface area contributed by atoms with Gasteiger partial charge in [-0.1, -0.05) is 25.1 Å². The van der Waals surface area contributed by atoms with Gasteiger partial charge in [0.15, 0.2) is 0 Å². The molecule has 0 saturated carbocycles. The number of fused-ring (bicyclic) bond motifs is 1. The predicted molar refractivity (Wildman–Crippen MR) is 70.2 cm³/mol. The largest absolute Gasteiger partial charge is 0.466 e. The molecule has 0 saturated heterocycles. The number of Topliss-reactive ketones (excluding diaryl/α,β-unsaturated/α-hetero) is 1. The number of carbonyl (C=O) groups is 2. The fraction of sp³-hybridized carbons (Fsp3) is 0.333. The van der Waals surface area contributed by atoms with Gasteiger partial charge in [0.2, 0.25) is 5.78 Å². The number of hydrogen-bond acceptors (Lipinski definition) is 4. The molecule has 19 heavy (non-hydrogen) atoms. The maximum atomic E-state index is 12.6. The first-order valence-corrected chi connectivity index (χ1v) is 6.03. The van der Waals surface area contributed by atoms with Crippen molar-refractivity contribution in [3.63, 3.8) is 0 Å². The third-order valence-corrected chi connectivity index (χ3v) is 3.54. The summed E-state index contributed by atoms with van der Waals surface area (Å²) >= 11 is 0. The van der Waals surface area contributed by atoms with E-state index in [0.717, 1.165) is 5.56 Å². The lowest BCUT2D eigenvalue weighted by Gasteiger charge is -2.28. The molecule has 1 aliphatic heterocycles. The van der Waals surface area contributed by atoms with Crippen molar-refractivity contribution >= 4 is 11.8 Å². The molecule has 4 heteroatoms. The highest BCUT2D eigenvalue weighted by Gasteiger charge is 2.58. The molecule has 1 aliphatic rings. The number of hydrogen-bond donors (Lipinski definition) is 0. The van der Waals surface area contributed by atoms with Crippen molar-refractivity contribution in [2.24, 2.45) is 5.92 Å². The summed E-state index contributed by atoms with van der Waals surface area (Å²) in [6, 6.07) is 5.25. The van der Waals surface area contributed by atoms with E-state index in [9.17, 15) is 9.59 Å². The SMILES string of the molecule is C=CC(C)C1(C(=O)OC)Oc2c(C)cccc2C1=O. The van der Waals surface area contributed by atoms with Crippen LogP contribution in [0.25, 0.3) is 0 Å². The van der Waals surface area contributed by atoms with Crippen molar-refractivity contribution in [2.45, 2.75) is 19.4 Å². The molecule has 100 valence electrons. The van der Waals surface area contributed by atoms with Gasteiger partial charge in [-0.15, -0.1) is 6.58 Å². The molecule has 1 aromatic carbocycles. The Hall–Kier alpha value is -2.10. The van der Waals surface area contributed by atoms with Gasteiger partial charge in [-0.2, -0.15) is 0 Å². The minimum Gasteiger partial charge on any atom is -0.466 e. The zero-order valence-corrected chi connectivity index (χ0v) is 11.2. The third-order valence-electron chi connectivity index (χ3n) is 3.54. The highest BCUT2D eigenvalue weighted by molar-refractivity contribution is 6.19. The minimum absolute atomic E-state index is 0.370. The van der Waals surface area contributed by atoms with Gasteiger partial charge in [0.05, 0.1) is 12.7 Å². The van der Waals surface area contributed by atoms with Gasteiger partial charge in [0.25, 0.3) is 5.60 Å². The number of aryl methyl sites for hydroxylation is 1. The van der Waals surface area contributed by atoms with Crippen molar-refractivity contribution in [1.82, 2.24) is 0 Å². The summed E-state index contributed by atoms with van der Waals surface area (Å²) in [5, 5.41) is 0. The van der Waals surface area contributed by atoms with Crippen LogP contribution in [0, 0.1) is 12.8 Å². The van der Waals surface area contributed by atoms with Gasteiger partial charge in [-0.25, -0.2) is 4.79 Å². The number of methoxy groups -OCH3 is 1. The van der Waals surface area contributed by atoms with Crippen molar-refractivity contribution in [3.05, 3.63) is 42.0 Å². The van der Waals surface area contributed by atoms with Crippen LogP contribution < -0.4 is 4.74 Å². The Kier molecular flexibility index (Phi) is 3.18. The van der Waals surface area contributed by atoms with Crippen LogP contribution in [0.1, 0.15) is 22.8 Å². The summed E-state index contributed by atoms with van der Waals surface area (Å²) in [6.07, 6.45) is 1.52. The fourth-order valence-electron chi connectivity index (χ4n) is 2.31. The molecule has 0 aromatic heterocycles. The molecule has 0 spiro atoms. The molecule has 0 bridgehead atoms. The molecule has 0 aliphatic carbocycles. The van der Waals surface area contributed by atoms with Gasteiger partial charge in [-0.3, -0.25) is 4.79 Å². The Morgan fingerprint density at radius 3 is 2.74 bits per heavy atom. The number of carbonyl (C=O) groups excluding carboxylic acids is 2. The highest BCUT2D eigenvalue weighted by atomic mass is 16.6. The van der Waals surface area contributed by atoms with E-state index in [4.69, 9.17) is 9.47 Å². The number of rotatable bonds is 3. The average molecular weight is 260 g/mol. The third kappa shape index (κ3) is 1.67. The standard InChI is InChI=1S/C15H16O4/c1-5-10(3)15(14(17)18-4)13(16)11-8-6-7-9(2)12(11)19-15/h5-8,10H,1H2,2-4H3. The predicted octanol–water partition coefficient (Wildman–Crippen LogP) is 2.30. The van der Waals surface area contributed by atoms with Crippen molar-refractivity contribution in [2.75, 3.05) is 7.11 Å². The molecule has 0 N–H and O–H groups in total. The van der Waals surface area contributed by atoms with E-state index in [1.165, 1.54) is 13.2 Å². The number of benzene rings is 1. The second kappa shape index (κ2) is 4.53. The Morgan fingerprint density at radius 2 is 2.21 bits per heavy atom. The van der Waals surface area contributed by atoms with E-state index < -0.39 is 17.5 Å². The lowest BCUT2D eigenvalue weighted by Crippen LogP contribution is -2.53. The monoisotopic (exact) mass is 260 g/mol. The first kappa shape index (κ1) is 13.3. The smallest absolute Gasteiger partial charge is 0.359 e. The quantitative estimate of drug-likeness (QED) is 0.475. The van der Waals surface area contributed by atoms with Gasteiger partial charge in [0, 0.05) is 5.92 Å². The van der Waals surface area contributed by atoms with Crippen molar-refractivity contribution in [1.29, 1.82) is 0 Å². The molecule has 1 heterocycles. The lowest BCUT2D eigenvalue weighted by molar-refractivity contribution is -0.156. The highest BCUT2D eigenvalue weighted by Crippen LogP contribution is 2.42. The van der Waals surface area contributed by atoms with Crippen LogP contribution in [0.5, 0.6) is 5.75 Å². The Morgan fingerprint density at radius 1 is 1.53 bits per heavy atom. The van der Waals surface area contributed by atoms with Gasteiger partial charge in [-0.05, 0) is 18.6 Å². The molecule has 0 fully saturated rings. The summed E-state index contributed by atoms with van der Waals surface area (Å²) in [5.41, 5.74) is -0.419. The second-order valence-corrected chi connectivity index (χ2v) is 4.63. The zero-order valence-electron chi connectivity index (χ0n) is 11.2. The van der Waals surface area contributed by atoms with E-state index in [0.29, 0.717) is 11.3 Å². The number of ether oxygens (including phenoxy) is 2. The number of para-hydroxylation sites is 1. The van der Waals surface area contributed by atoms with E-state index in [1.807, 2.05) is 13.0 Å². The molecular weight excluding hydrogens is 244 g/mol. The first-order chi connectivity index (χ1) is 8.98. The number of ketones is 1. The topological polar surface area (TPSA) is 52.6 Å². The van der Waals surface area contributed by atoms with Crippen LogP contribution in [-0.4, -0.2) is 24.5 Å². The summed E-state index contributed by atoms with van der Waals surface area (Å²) in [6.45, 7) is 7.19. The molecule has 0 amide bonds. The molecule has 4 nitrogen and oxygen atoms in total. The first-order valence-electron chi connectivity index (χ1n) is 6.03. The van der Waals surface area contributed by atoms with Crippen molar-refractivity contribution in [3.8, 4) is 5.75 Å². The fourth-order valence-corrected chi connectivity index (χ4v) is 2.31. The van der Waals surface area contributed by atoms with E-state index in [-0.39, 0.29) is 5.78 Å². The summed E-state index contributed by atoms with van der Waals surface area (Å²) in [4.78, 5) is 24.7. The van der Waals surface area contributed by atoms with Gasteiger partial charge >= 0.3 is 5.97 Å². The molecule has 2 unspecified atom stereocenters.